The minimum absolute atomic E-state index is 0.0768. The summed E-state index contributed by atoms with van der Waals surface area (Å²) >= 11 is 0. The number of allylic oxidation sites excluding steroid dienone is 2. The predicted octanol–water partition coefficient (Wildman–Crippen LogP) is 5.06. The van der Waals surface area contributed by atoms with E-state index >= 15 is 0 Å². The number of fused-ring (bicyclic) bond motifs is 5. The number of nitrogens with one attached hydrogen (secondary N) is 2. The molecule has 0 bridgehead atoms. The number of carbonyl (C=O) groups is 4. The Balaban J connectivity index is 1.20. The normalized spacial score (nSPS) is 28.9. The number of alkyl carbamates (subject to hydrolysis) is 1. The van der Waals surface area contributed by atoms with E-state index in [1.165, 1.54) is 10.5 Å². The second-order valence-corrected chi connectivity index (χ2v) is 18.2. The number of benzene rings is 1. The molecule has 3 fully saturated rings. The summed E-state index contributed by atoms with van der Waals surface area (Å²) in [4.78, 5) is 62.2. The lowest BCUT2D eigenvalue weighted by molar-refractivity contribution is -0.140. The van der Waals surface area contributed by atoms with Gasteiger partial charge in [0.05, 0.1) is 23.3 Å². The third kappa shape index (κ3) is 7.70. The number of aryl methyl sites for hydroxylation is 2. The zero-order valence-electron chi connectivity index (χ0n) is 30.3. The van der Waals surface area contributed by atoms with E-state index in [1.807, 2.05) is 30.4 Å². The van der Waals surface area contributed by atoms with Gasteiger partial charge in [-0.2, -0.15) is 0 Å². The van der Waals surface area contributed by atoms with Crippen molar-refractivity contribution in [2.45, 2.75) is 133 Å². The van der Waals surface area contributed by atoms with Gasteiger partial charge in [0.25, 0.3) is 0 Å². The number of hydrogen-bond donors (Lipinski definition) is 2. The first-order valence-corrected chi connectivity index (χ1v) is 20.4. The Bertz CT molecular complexity index is 1900. The highest BCUT2D eigenvalue weighted by molar-refractivity contribution is 7.90. The average Bonchev–Trinajstić information content (AvgIpc) is 3.96. The van der Waals surface area contributed by atoms with Crippen LogP contribution in [-0.4, -0.2) is 77.6 Å². The number of sulfonamides is 1. The molecular weight excluding hydrogens is 685 g/mol. The Labute approximate surface area is 305 Å². The molecule has 2 aromatic rings. The van der Waals surface area contributed by atoms with E-state index < -0.39 is 62.4 Å². The van der Waals surface area contributed by atoms with Crippen molar-refractivity contribution in [2.75, 3.05) is 6.54 Å². The summed E-state index contributed by atoms with van der Waals surface area (Å²) < 4.78 is 40.1. The van der Waals surface area contributed by atoms with Gasteiger partial charge in [0, 0.05) is 23.9 Å². The van der Waals surface area contributed by atoms with Crippen LogP contribution in [0.3, 0.4) is 0 Å². The van der Waals surface area contributed by atoms with E-state index in [9.17, 15) is 27.6 Å². The lowest BCUT2D eigenvalue weighted by Crippen LogP contribution is -2.53. The van der Waals surface area contributed by atoms with Crippen molar-refractivity contribution < 1.29 is 37.1 Å². The molecule has 3 heterocycles. The second-order valence-electron chi connectivity index (χ2n) is 16.3. The van der Waals surface area contributed by atoms with Crippen LogP contribution in [0, 0.1) is 11.3 Å². The van der Waals surface area contributed by atoms with Gasteiger partial charge in [-0.05, 0) is 101 Å². The predicted molar refractivity (Wildman–Crippen MR) is 194 cm³/mol. The Kier molecular flexibility index (Phi) is 9.86. The van der Waals surface area contributed by atoms with Crippen LogP contribution < -0.4 is 14.8 Å². The maximum Gasteiger partial charge on any atom is 0.408 e. The summed E-state index contributed by atoms with van der Waals surface area (Å²) in [6, 6.07) is 6.07. The third-order valence-corrected chi connectivity index (χ3v) is 12.9. The van der Waals surface area contributed by atoms with Crippen LogP contribution in [0.4, 0.5) is 4.79 Å². The SMILES string of the molecule is CC(C)(C)OC(=O)N[C@H]1CCCCC/C=C\[C@@H]2C[C@@]2(C(=O)NS(=O)(=O)C2CC2)CC(=O)[C@@H]2C[C@@H](Oc3nc4c(c5ccccc35)CCC4)CN2C1=O. The molecule has 7 rings (SSSR count). The molecule has 1 aromatic carbocycles. The van der Waals surface area contributed by atoms with Gasteiger partial charge in [-0.15, -0.1) is 0 Å². The van der Waals surface area contributed by atoms with Gasteiger partial charge in [0.2, 0.25) is 27.7 Å². The molecule has 12 nitrogen and oxygen atoms in total. The zero-order valence-corrected chi connectivity index (χ0v) is 31.1. The summed E-state index contributed by atoms with van der Waals surface area (Å²) in [5, 5.41) is 4.16. The number of nitrogens with zero attached hydrogens (tertiary/aromatic N) is 2. The molecule has 2 N–H and O–H groups in total. The van der Waals surface area contributed by atoms with Crippen molar-refractivity contribution in [3.05, 3.63) is 47.7 Å². The van der Waals surface area contributed by atoms with Crippen molar-refractivity contribution in [3.63, 3.8) is 0 Å². The van der Waals surface area contributed by atoms with E-state index in [-0.39, 0.29) is 31.1 Å². The van der Waals surface area contributed by atoms with Gasteiger partial charge < -0.3 is 19.7 Å². The number of amides is 3. The highest BCUT2D eigenvalue weighted by Gasteiger charge is 2.61. The number of Topliss-reactive ketones (excluding diaryl/α,β-unsaturated/α-hetero) is 1. The fourth-order valence-electron chi connectivity index (χ4n) is 8.14. The van der Waals surface area contributed by atoms with Crippen molar-refractivity contribution in [3.8, 4) is 5.88 Å². The molecule has 3 aliphatic carbocycles. The fourth-order valence-corrected chi connectivity index (χ4v) is 9.53. The van der Waals surface area contributed by atoms with E-state index in [4.69, 9.17) is 14.5 Å². The van der Waals surface area contributed by atoms with E-state index in [1.54, 1.807) is 20.8 Å². The van der Waals surface area contributed by atoms with Gasteiger partial charge in [-0.3, -0.25) is 19.1 Å². The largest absolute Gasteiger partial charge is 0.472 e. The van der Waals surface area contributed by atoms with Crippen molar-refractivity contribution in [1.29, 1.82) is 0 Å². The molecule has 280 valence electrons. The monoisotopic (exact) mass is 734 g/mol. The summed E-state index contributed by atoms with van der Waals surface area (Å²) in [6.45, 7) is 5.32. The quantitative estimate of drug-likeness (QED) is 0.387. The number of pyridine rings is 1. The fraction of sp³-hybridized carbons (Fsp3) is 0.615. The lowest BCUT2D eigenvalue weighted by Gasteiger charge is -2.30. The maximum atomic E-state index is 14.5. The van der Waals surface area contributed by atoms with Crippen molar-refractivity contribution >= 4 is 44.5 Å². The molecule has 5 aliphatic rings. The number of ketones is 1. The van der Waals surface area contributed by atoms with Crippen molar-refractivity contribution in [2.24, 2.45) is 11.3 Å². The number of carbonyl (C=O) groups excluding carboxylic acids is 4. The van der Waals surface area contributed by atoms with Gasteiger partial charge in [-0.25, -0.2) is 18.2 Å². The second kappa shape index (κ2) is 14.1. The van der Waals surface area contributed by atoms with Gasteiger partial charge in [0.1, 0.15) is 17.7 Å². The summed E-state index contributed by atoms with van der Waals surface area (Å²) in [6.07, 6.45) is 10.1. The molecule has 1 saturated heterocycles. The molecule has 5 atom stereocenters. The Morgan fingerprint density at radius 3 is 2.52 bits per heavy atom. The molecule has 0 unspecified atom stereocenters. The van der Waals surface area contributed by atoms with Crippen LogP contribution in [0.25, 0.3) is 10.8 Å². The smallest absolute Gasteiger partial charge is 0.408 e. The number of hydrogen-bond acceptors (Lipinski definition) is 9. The topological polar surface area (TPSA) is 161 Å². The lowest BCUT2D eigenvalue weighted by atomic mass is 9.91. The molecule has 2 aliphatic heterocycles. The molecule has 13 heteroatoms. The Hall–Kier alpha value is -4.00. The van der Waals surface area contributed by atoms with Crippen LogP contribution in [-0.2, 0) is 42.0 Å². The van der Waals surface area contributed by atoms with Gasteiger partial charge in [0.15, 0.2) is 5.78 Å². The molecule has 0 spiro atoms. The molecular formula is C39H50N4O8S. The molecule has 1 aromatic heterocycles. The van der Waals surface area contributed by atoms with Gasteiger partial charge in [-0.1, -0.05) is 43.2 Å². The highest BCUT2D eigenvalue weighted by Crippen LogP contribution is 2.57. The third-order valence-electron chi connectivity index (χ3n) is 11.1. The van der Waals surface area contributed by atoms with Crippen LogP contribution in [0.5, 0.6) is 5.88 Å². The Morgan fingerprint density at radius 1 is 1.00 bits per heavy atom. The molecule has 2 saturated carbocycles. The van der Waals surface area contributed by atoms with E-state index in [0.717, 1.165) is 55.0 Å². The summed E-state index contributed by atoms with van der Waals surface area (Å²) in [5.41, 5.74) is 0.217. The van der Waals surface area contributed by atoms with Crippen LogP contribution >= 0.6 is 0 Å². The van der Waals surface area contributed by atoms with E-state index in [2.05, 4.69) is 16.1 Å². The minimum Gasteiger partial charge on any atom is -0.472 e. The summed E-state index contributed by atoms with van der Waals surface area (Å²) in [7, 11) is -3.83. The van der Waals surface area contributed by atoms with Crippen LogP contribution in [0.1, 0.15) is 103 Å². The summed E-state index contributed by atoms with van der Waals surface area (Å²) in [5.74, 6) is -1.25. The van der Waals surface area contributed by atoms with Crippen molar-refractivity contribution in [1.82, 2.24) is 19.9 Å². The standard InChI is InChI=1S/C39H50N4O8S/c1-38(2,3)51-37(47)41-31-16-8-6-4-5-7-12-24-21-39(24,36(46)42-52(48,49)26-18-19-26)22-33(44)32-20-25(23-43(32)35(31)45)50-34-29-14-10-9-13-27(29)28-15-11-17-30(28)40-34/h7,9-10,12-14,24-26,31-32H,4-6,8,11,15-23H2,1-3H3,(H,41,47)(H,42,46)/b12-7-/t24-,25-,31+,32+,39-/m1/s1. The van der Waals surface area contributed by atoms with Gasteiger partial charge >= 0.3 is 6.09 Å². The molecule has 0 radical (unpaired) electrons. The first-order valence-electron chi connectivity index (χ1n) is 18.9. The number of rotatable bonds is 6. The number of ether oxygens (including phenoxy) is 2. The zero-order chi connectivity index (χ0) is 36.8. The van der Waals surface area contributed by atoms with E-state index in [0.29, 0.717) is 38.0 Å². The number of aromatic nitrogens is 1. The Morgan fingerprint density at radius 2 is 1.77 bits per heavy atom. The highest BCUT2D eigenvalue weighted by atomic mass is 32.2. The molecule has 3 amide bonds. The maximum absolute atomic E-state index is 14.5. The first kappa shape index (κ1) is 36.4. The first-order chi connectivity index (χ1) is 24.7. The average molecular weight is 735 g/mol. The van der Waals surface area contributed by atoms with Crippen LogP contribution in [0.2, 0.25) is 0 Å². The minimum atomic E-state index is -3.83. The van der Waals surface area contributed by atoms with Crippen LogP contribution in [0.15, 0.2) is 36.4 Å². The molecule has 52 heavy (non-hydrogen) atoms.